The maximum atomic E-state index is 14.7. The summed E-state index contributed by atoms with van der Waals surface area (Å²) >= 11 is 7.38. The topological polar surface area (TPSA) is 95.9 Å². The summed E-state index contributed by atoms with van der Waals surface area (Å²) in [5.74, 6) is -1.20. The van der Waals surface area contributed by atoms with Crippen molar-refractivity contribution in [2.24, 2.45) is 5.92 Å². The summed E-state index contributed by atoms with van der Waals surface area (Å²) in [6.45, 7) is 1.96. The molecule has 4 aromatic rings. The van der Waals surface area contributed by atoms with Crippen LogP contribution in [0.3, 0.4) is 0 Å². The maximum absolute atomic E-state index is 14.7. The Labute approximate surface area is 262 Å². The van der Waals surface area contributed by atoms with Crippen LogP contribution >= 0.6 is 22.9 Å². The highest BCUT2D eigenvalue weighted by Crippen LogP contribution is 2.41. The third-order valence-corrected chi connectivity index (χ3v) is 9.84. The molecule has 2 amide bonds. The van der Waals surface area contributed by atoms with Gasteiger partial charge in [-0.1, -0.05) is 35.9 Å². The lowest BCUT2D eigenvalue weighted by Gasteiger charge is -2.37. The molecule has 44 heavy (non-hydrogen) atoms. The predicted molar refractivity (Wildman–Crippen MR) is 167 cm³/mol. The Balaban J connectivity index is 1.53. The zero-order valence-corrected chi connectivity index (χ0v) is 25.7. The van der Waals surface area contributed by atoms with Crippen molar-refractivity contribution in [3.05, 3.63) is 87.3 Å². The van der Waals surface area contributed by atoms with Gasteiger partial charge in [-0.25, -0.2) is 13.6 Å². The fourth-order valence-corrected chi connectivity index (χ4v) is 7.31. The van der Waals surface area contributed by atoms with Gasteiger partial charge in [0.15, 0.2) is 5.78 Å². The number of ketones is 1. The van der Waals surface area contributed by atoms with Gasteiger partial charge in [0.2, 0.25) is 0 Å². The van der Waals surface area contributed by atoms with E-state index in [2.05, 4.69) is 5.32 Å². The van der Waals surface area contributed by atoms with Crippen LogP contribution in [-0.2, 0) is 6.54 Å². The van der Waals surface area contributed by atoms with Gasteiger partial charge in [0.25, 0.3) is 5.91 Å². The first-order valence-electron chi connectivity index (χ1n) is 14.2. The Kier molecular flexibility index (Phi) is 9.51. The van der Waals surface area contributed by atoms with Crippen molar-refractivity contribution in [3.63, 3.8) is 0 Å². The first kappa shape index (κ1) is 31.4. The molecule has 0 radical (unpaired) electrons. The van der Waals surface area contributed by atoms with Crippen LogP contribution in [0.1, 0.15) is 58.2 Å². The second-order valence-electron chi connectivity index (χ2n) is 10.9. The lowest BCUT2D eigenvalue weighted by atomic mass is 9.85. The highest BCUT2D eigenvalue weighted by molar-refractivity contribution is 7.21. The predicted octanol–water partition coefficient (Wildman–Crippen LogP) is 8.18. The number of Topliss-reactive ketones (excluding diaryl/α,β-unsaturated/α-hetero) is 1. The third kappa shape index (κ3) is 6.56. The molecule has 11 heteroatoms. The molecular formula is C33H31ClF2N2O5S. The summed E-state index contributed by atoms with van der Waals surface area (Å²) in [7, 11) is 1.54. The Morgan fingerprint density at radius 2 is 1.73 bits per heavy atom. The van der Waals surface area contributed by atoms with Crippen LogP contribution in [-0.4, -0.2) is 47.5 Å². The number of rotatable bonds is 9. The Morgan fingerprint density at radius 1 is 1.02 bits per heavy atom. The highest BCUT2D eigenvalue weighted by atomic mass is 35.5. The molecule has 5 rings (SSSR count). The van der Waals surface area contributed by atoms with Gasteiger partial charge in [-0.3, -0.25) is 9.59 Å². The molecule has 0 spiro atoms. The van der Waals surface area contributed by atoms with Crippen LogP contribution in [0.4, 0.5) is 13.6 Å². The summed E-state index contributed by atoms with van der Waals surface area (Å²) < 4.78 is 35.0. The maximum Gasteiger partial charge on any atom is 0.404 e. The number of carbonyl (C=O) groups is 3. The molecule has 0 unspecified atom stereocenters. The van der Waals surface area contributed by atoms with Gasteiger partial charge in [0.05, 0.1) is 22.2 Å². The number of benzene rings is 3. The number of carbonyl (C=O) groups excluding carboxylic acids is 2. The lowest BCUT2D eigenvalue weighted by molar-refractivity contribution is 0.0592. The Hall–Kier alpha value is -4.02. The van der Waals surface area contributed by atoms with Gasteiger partial charge < -0.3 is 20.1 Å². The van der Waals surface area contributed by atoms with E-state index in [1.54, 1.807) is 17.0 Å². The summed E-state index contributed by atoms with van der Waals surface area (Å²) in [5, 5.41) is 11.2. The normalized spacial score (nSPS) is 16.5. The van der Waals surface area contributed by atoms with E-state index in [0.717, 1.165) is 34.6 Å². The smallest absolute Gasteiger partial charge is 0.404 e. The van der Waals surface area contributed by atoms with E-state index < -0.39 is 23.6 Å². The summed E-state index contributed by atoms with van der Waals surface area (Å²) in [6.07, 6.45) is 1.50. The molecule has 0 aliphatic heterocycles. The molecule has 0 saturated heterocycles. The van der Waals surface area contributed by atoms with Crippen molar-refractivity contribution in [1.82, 2.24) is 10.2 Å². The molecule has 230 valence electrons. The fraction of sp³-hybridized carbons (Fsp3) is 0.303. The number of hydrogen-bond donors (Lipinski definition) is 2. The van der Waals surface area contributed by atoms with Crippen molar-refractivity contribution in [3.8, 4) is 16.9 Å². The number of ether oxygens (including phenoxy) is 1. The first-order chi connectivity index (χ1) is 21.1. The minimum atomic E-state index is -1.08. The standard InChI is InChI=1S/C33H31ClF2N2O5S/c1-18(39)20-4-3-5-21(14-20)22-8-13-27(43-2)23(15-22)17-38(24-9-6-19(7-10-24)16-37-33(41)42)32(40)31-29(34)28-25(35)11-12-26(36)30(28)44-31/h3-5,8,11-15,19,24,37H,6-7,9-10,16-17H2,1-2H3,(H,41,42). The van der Waals surface area contributed by atoms with Crippen LogP contribution in [0.5, 0.6) is 5.75 Å². The number of nitrogens with zero attached hydrogens (tertiary/aromatic N) is 1. The molecule has 1 heterocycles. The van der Waals surface area contributed by atoms with Gasteiger partial charge in [-0.15, -0.1) is 11.3 Å². The highest BCUT2D eigenvalue weighted by Gasteiger charge is 2.33. The number of halogens is 3. The Bertz CT molecular complexity index is 1730. The van der Waals surface area contributed by atoms with Crippen LogP contribution < -0.4 is 10.1 Å². The van der Waals surface area contributed by atoms with Crippen molar-refractivity contribution >= 4 is 50.8 Å². The Morgan fingerprint density at radius 3 is 2.39 bits per heavy atom. The van der Waals surface area contributed by atoms with E-state index in [1.807, 2.05) is 30.3 Å². The van der Waals surface area contributed by atoms with E-state index in [0.29, 0.717) is 49.1 Å². The van der Waals surface area contributed by atoms with Crippen LogP contribution in [0.25, 0.3) is 21.2 Å². The minimum absolute atomic E-state index is 0.0216. The SMILES string of the molecule is COc1ccc(-c2cccc(C(C)=O)c2)cc1CN(C(=O)c1sc2c(F)ccc(F)c2c1Cl)C1CCC(CNC(=O)O)CC1. The first-order valence-corrected chi connectivity index (χ1v) is 15.4. The number of thiophene rings is 1. The van der Waals surface area contributed by atoms with E-state index in [4.69, 9.17) is 21.4 Å². The number of methoxy groups -OCH3 is 1. The van der Waals surface area contributed by atoms with Crippen LogP contribution in [0.2, 0.25) is 5.02 Å². The fourth-order valence-electron chi connectivity index (χ4n) is 5.81. The van der Waals surface area contributed by atoms with Gasteiger partial charge in [0, 0.05) is 30.3 Å². The number of hydrogen-bond acceptors (Lipinski definition) is 5. The molecule has 1 aliphatic carbocycles. The average Bonchev–Trinajstić information content (AvgIpc) is 3.38. The van der Waals surface area contributed by atoms with Crippen LogP contribution in [0.15, 0.2) is 54.6 Å². The van der Waals surface area contributed by atoms with Gasteiger partial charge >= 0.3 is 6.09 Å². The largest absolute Gasteiger partial charge is 0.496 e. The zero-order chi connectivity index (χ0) is 31.5. The summed E-state index contributed by atoms with van der Waals surface area (Å²) in [6, 6.07) is 14.6. The third-order valence-electron chi connectivity index (χ3n) is 8.16. The van der Waals surface area contributed by atoms with E-state index >= 15 is 0 Å². The lowest BCUT2D eigenvalue weighted by Crippen LogP contribution is -2.43. The number of nitrogens with one attached hydrogen (secondary N) is 1. The number of carboxylic acid groups (broad SMARTS) is 1. The van der Waals surface area contributed by atoms with Gasteiger partial charge in [0.1, 0.15) is 22.3 Å². The summed E-state index contributed by atoms with van der Waals surface area (Å²) in [4.78, 5) is 39.0. The van der Waals surface area contributed by atoms with E-state index in [1.165, 1.54) is 14.0 Å². The van der Waals surface area contributed by atoms with E-state index in [9.17, 15) is 23.2 Å². The molecule has 1 aliphatic rings. The molecule has 0 bridgehead atoms. The summed E-state index contributed by atoms with van der Waals surface area (Å²) in [5.41, 5.74) is 2.92. The number of amides is 2. The van der Waals surface area contributed by atoms with Gasteiger partial charge in [-0.2, -0.15) is 0 Å². The average molecular weight is 641 g/mol. The molecule has 2 N–H and O–H groups in total. The quantitative estimate of drug-likeness (QED) is 0.180. The number of fused-ring (bicyclic) bond motifs is 1. The van der Waals surface area contributed by atoms with Crippen molar-refractivity contribution in [2.75, 3.05) is 13.7 Å². The second kappa shape index (κ2) is 13.3. The van der Waals surface area contributed by atoms with Crippen LogP contribution in [0, 0.1) is 17.6 Å². The monoisotopic (exact) mass is 640 g/mol. The molecule has 3 aromatic carbocycles. The van der Waals surface area contributed by atoms with Crippen molar-refractivity contribution < 1.29 is 33.0 Å². The molecule has 0 atom stereocenters. The molecule has 7 nitrogen and oxygen atoms in total. The minimum Gasteiger partial charge on any atom is -0.496 e. The van der Waals surface area contributed by atoms with Gasteiger partial charge in [-0.05, 0) is 80.0 Å². The second-order valence-corrected chi connectivity index (χ2v) is 12.3. The molecule has 1 fully saturated rings. The molecule has 1 saturated carbocycles. The zero-order valence-electron chi connectivity index (χ0n) is 24.2. The van der Waals surface area contributed by atoms with Crippen molar-refractivity contribution in [1.29, 1.82) is 0 Å². The van der Waals surface area contributed by atoms with Crippen molar-refractivity contribution in [2.45, 2.75) is 45.2 Å². The van der Waals surface area contributed by atoms with E-state index in [-0.39, 0.29) is 44.3 Å². The molecular weight excluding hydrogens is 610 g/mol. The molecule has 1 aromatic heterocycles.